The van der Waals surface area contributed by atoms with Crippen molar-refractivity contribution in [3.63, 3.8) is 0 Å². The van der Waals surface area contributed by atoms with Gasteiger partial charge in [0.25, 0.3) is 21.8 Å². The number of rotatable bonds is 5. The molecule has 0 saturated carbocycles. The first kappa shape index (κ1) is 33.6. The van der Waals surface area contributed by atoms with Gasteiger partial charge in [-0.15, -0.1) is 16.9 Å². The highest BCUT2D eigenvalue weighted by atomic mass is 32.2. The second-order valence-corrected chi connectivity index (χ2v) is 20.8. The van der Waals surface area contributed by atoms with E-state index in [2.05, 4.69) is 46.3 Å². The van der Waals surface area contributed by atoms with Crippen LogP contribution in [0.5, 0.6) is 0 Å². The number of carbonyl (C=O) groups excluding carboxylic acids is 3. The Morgan fingerprint density at radius 2 is 1.75 bits per heavy atom. The molecular formula is C34H38N6O5S2Si. The molecule has 48 heavy (non-hydrogen) atoms. The number of nitrogens with one attached hydrogen (secondary N) is 1. The van der Waals surface area contributed by atoms with Gasteiger partial charge < -0.3 is 20.0 Å². The normalized spacial score (nSPS) is 17.1. The van der Waals surface area contributed by atoms with Gasteiger partial charge in [0.05, 0.1) is 22.7 Å². The van der Waals surface area contributed by atoms with Crippen LogP contribution in [0.2, 0.25) is 19.6 Å². The van der Waals surface area contributed by atoms with Crippen molar-refractivity contribution in [2.24, 2.45) is 0 Å². The maximum atomic E-state index is 14.3. The number of likely N-dealkylation sites (N-methyl/N-ethyl adjacent to an activating group) is 2. The Hall–Kier alpha value is -4.29. The van der Waals surface area contributed by atoms with E-state index in [4.69, 9.17) is 0 Å². The Morgan fingerprint density at radius 3 is 2.46 bits per heavy atom. The topological polar surface area (TPSA) is 125 Å². The summed E-state index contributed by atoms with van der Waals surface area (Å²) in [6.07, 6.45) is 0.753. The molecule has 1 N–H and O–H groups in total. The van der Waals surface area contributed by atoms with Crippen LogP contribution in [-0.2, 0) is 27.8 Å². The van der Waals surface area contributed by atoms with E-state index in [1.807, 2.05) is 7.05 Å². The van der Waals surface area contributed by atoms with Crippen molar-refractivity contribution in [1.82, 2.24) is 29.0 Å². The van der Waals surface area contributed by atoms with Gasteiger partial charge in [0.2, 0.25) is 5.91 Å². The number of benzene rings is 2. The van der Waals surface area contributed by atoms with Crippen molar-refractivity contribution < 1.29 is 22.8 Å². The fraction of sp³-hybridized carbons (Fsp3) is 0.353. The Labute approximate surface area is 285 Å². The lowest BCUT2D eigenvalue weighted by atomic mass is 10.1. The average Bonchev–Trinajstić information content (AvgIpc) is 3.68. The molecule has 0 radical (unpaired) electrons. The van der Waals surface area contributed by atoms with Crippen LogP contribution >= 0.6 is 11.3 Å². The SMILES string of the molecule is CNC(=O)C1CN(C(=O)c2cc3cc(C#C[Si](C)(C)C)ccc3n2S(=O)(=O)c2ccccc2)CCN1C(=O)c1nc2c(s1)CN(C)CC2. The van der Waals surface area contributed by atoms with Crippen LogP contribution in [0.15, 0.2) is 59.5 Å². The second kappa shape index (κ2) is 13.0. The van der Waals surface area contributed by atoms with E-state index in [1.165, 1.54) is 40.3 Å². The minimum Gasteiger partial charge on any atom is -0.357 e. The largest absolute Gasteiger partial charge is 0.357 e. The number of nitrogens with zero attached hydrogens (tertiary/aromatic N) is 5. The Kier molecular flexibility index (Phi) is 9.07. The minimum atomic E-state index is -4.20. The lowest BCUT2D eigenvalue weighted by Crippen LogP contribution is -2.61. The number of hydrogen-bond donors (Lipinski definition) is 1. The zero-order chi connectivity index (χ0) is 34.4. The Morgan fingerprint density at radius 1 is 1.00 bits per heavy atom. The first-order valence-corrected chi connectivity index (χ1v) is 21.5. The van der Waals surface area contributed by atoms with Crippen molar-refractivity contribution in [3.05, 3.63) is 81.4 Å². The third kappa shape index (κ3) is 6.55. The van der Waals surface area contributed by atoms with Gasteiger partial charge in [-0.2, -0.15) is 0 Å². The molecule has 2 aromatic carbocycles. The molecule has 14 heteroatoms. The fourth-order valence-electron chi connectivity index (χ4n) is 5.93. The van der Waals surface area contributed by atoms with Gasteiger partial charge in [0, 0.05) is 55.5 Å². The molecule has 1 atom stereocenters. The molecule has 2 aromatic heterocycles. The van der Waals surface area contributed by atoms with Crippen LogP contribution in [0, 0.1) is 11.5 Å². The van der Waals surface area contributed by atoms with Gasteiger partial charge in [-0.05, 0) is 43.4 Å². The van der Waals surface area contributed by atoms with Crippen LogP contribution in [0.3, 0.4) is 0 Å². The van der Waals surface area contributed by atoms with Gasteiger partial charge in [-0.1, -0.05) is 43.8 Å². The number of aromatic nitrogens is 2. The molecule has 2 aliphatic heterocycles. The first-order chi connectivity index (χ1) is 22.8. The number of carbonyl (C=O) groups is 3. The monoisotopic (exact) mass is 702 g/mol. The lowest BCUT2D eigenvalue weighted by Gasteiger charge is -2.40. The van der Waals surface area contributed by atoms with Crippen molar-refractivity contribution in [3.8, 4) is 11.5 Å². The highest BCUT2D eigenvalue weighted by Gasteiger charge is 2.40. The maximum absolute atomic E-state index is 14.3. The summed E-state index contributed by atoms with van der Waals surface area (Å²) in [5.74, 6) is 1.87. The molecule has 2 aliphatic rings. The summed E-state index contributed by atoms with van der Waals surface area (Å²) < 4.78 is 29.3. The molecule has 11 nitrogen and oxygen atoms in total. The zero-order valence-electron chi connectivity index (χ0n) is 27.6. The molecule has 0 spiro atoms. The highest BCUT2D eigenvalue weighted by molar-refractivity contribution is 7.90. The standard InChI is InChI=1S/C34H38N6O5S2Si/c1-35-31(41)29-21-38(16-17-39(29)34(43)32-36-26-13-15-37(2)22-30(26)46-32)33(42)28-20-24-19-23(14-18-48(3,4)5)11-12-27(24)40(28)47(44,45)25-9-7-6-8-10-25/h6-12,19-20,29H,13,15-17,21-22H2,1-5H3,(H,35,41). The maximum Gasteiger partial charge on any atom is 0.283 e. The van der Waals surface area contributed by atoms with Crippen molar-refractivity contribution in [2.75, 3.05) is 40.3 Å². The van der Waals surface area contributed by atoms with E-state index in [0.717, 1.165) is 33.1 Å². The zero-order valence-corrected chi connectivity index (χ0v) is 30.2. The number of fused-ring (bicyclic) bond motifs is 2. The van der Waals surface area contributed by atoms with E-state index in [9.17, 15) is 22.8 Å². The number of hydrogen-bond acceptors (Lipinski definition) is 8. The summed E-state index contributed by atoms with van der Waals surface area (Å²) in [4.78, 5) is 52.1. The molecule has 3 amide bonds. The van der Waals surface area contributed by atoms with Crippen LogP contribution in [0.1, 0.15) is 36.4 Å². The molecule has 0 aliphatic carbocycles. The van der Waals surface area contributed by atoms with Crippen LogP contribution in [-0.4, -0.2) is 104 Å². The third-order valence-electron chi connectivity index (χ3n) is 8.42. The summed E-state index contributed by atoms with van der Waals surface area (Å²) in [5.41, 5.74) is 5.25. The molecule has 0 bridgehead atoms. The van der Waals surface area contributed by atoms with E-state index >= 15 is 0 Å². The lowest BCUT2D eigenvalue weighted by molar-refractivity contribution is -0.126. The predicted octanol–water partition coefficient (Wildman–Crippen LogP) is 3.26. The highest BCUT2D eigenvalue weighted by Crippen LogP contribution is 2.30. The van der Waals surface area contributed by atoms with E-state index in [0.29, 0.717) is 22.5 Å². The average molecular weight is 703 g/mol. The molecular weight excluding hydrogens is 665 g/mol. The van der Waals surface area contributed by atoms with Crippen molar-refractivity contribution in [2.45, 2.75) is 43.5 Å². The summed E-state index contributed by atoms with van der Waals surface area (Å²) in [6, 6.07) is 13.8. The predicted molar refractivity (Wildman–Crippen MR) is 188 cm³/mol. The van der Waals surface area contributed by atoms with E-state index in [1.54, 1.807) is 42.5 Å². The molecule has 1 saturated heterocycles. The van der Waals surface area contributed by atoms with Gasteiger partial charge >= 0.3 is 0 Å². The van der Waals surface area contributed by atoms with E-state index in [-0.39, 0.29) is 36.1 Å². The molecule has 250 valence electrons. The minimum absolute atomic E-state index is 0.0372. The summed E-state index contributed by atoms with van der Waals surface area (Å²) in [5, 5.41) is 3.50. The quantitative estimate of drug-likeness (QED) is 0.250. The van der Waals surface area contributed by atoms with E-state index < -0.39 is 36.0 Å². The van der Waals surface area contributed by atoms with Crippen molar-refractivity contribution in [1.29, 1.82) is 0 Å². The van der Waals surface area contributed by atoms with Gasteiger partial charge in [-0.3, -0.25) is 14.4 Å². The van der Waals surface area contributed by atoms with Crippen LogP contribution < -0.4 is 5.32 Å². The smallest absolute Gasteiger partial charge is 0.283 e. The number of thiazole rings is 1. The molecule has 4 aromatic rings. The molecule has 1 fully saturated rings. The Balaban J connectivity index is 1.36. The molecule has 4 heterocycles. The van der Waals surface area contributed by atoms with Gasteiger partial charge in [0.15, 0.2) is 5.01 Å². The summed E-state index contributed by atoms with van der Waals surface area (Å²) in [7, 11) is -2.37. The molecule has 6 rings (SSSR count). The fourth-order valence-corrected chi connectivity index (χ4v) is 9.13. The van der Waals surface area contributed by atoms with Gasteiger partial charge in [-0.25, -0.2) is 17.4 Å². The number of amides is 3. The summed E-state index contributed by atoms with van der Waals surface area (Å²) in [6.45, 7) is 8.06. The van der Waals surface area contributed by atoms with Crippen LogP contribution in [0.25, 0.3) is 10.9 Å². The second-order valence-electron chi connectivity index (χ2n) is 13.1. The third-order valence-corrected chi connectivity index (χ3v) is 12.1. The Bertz CT molecular complexity index is 2090. The molecule has 1 unspecified atom stereocenters. The first-order valence-electron chi connectivity index (χ1n) is 15.7. The van der Waals surface area contributed by atoms with Crippen LogP contribution in [0.4, 0.5) is 0 Å². The van der Waals surface area contributed by atoms with Gasteiger partial charge in [0.1, 0.15) is 19.8 Å². The number of piperazine rings is 1. The summed E-state index contributed by atoms with van der Waals surface area (Å²) >= 11 is 1.34. The van der Waals surface area contributed by atoms with Crippen molar-refractivity contribution >= 4 is 58.1 Å².